The lowest BCUT2D eigenvalue weighted by atomic mass is 10.2. The Morgan fingerprint density at radius 3 is 2.80 bits per heavy atom. The number of oxazole rings is 1. The first-order chi connectivity index (χ1) is 9.40. The van der Waals surface area contributed by atoms with Crippen molar-refractivity contribution in [1.29, 1.82) is 0 Å². The van der Waals surface area contributed by atoms with Gasteiger partial charge in [0.05, 0.1) is 22.8 Å². The van der Waals surface area contributed by atoms with E-state index in [9.17, 15) is 13.2 Å². The number of aromatic carboxylic acids is 1. The third kappa shape index (κ3) is 3.16. The molecular weight excluding hydrogens is 308 g/mol. The van der Waals surface area contributed by atoms with Crippen LogP contribution in [0.4, 0.5) is 0 Å². The molecule has 0 spiro atoms. The molecule has 1 aromatic carbocycles. The molecule has 0 bridgehead atoms. The Balaban J connectivity index is 2.28. The Bertz CT molecular complexity index is 727. The van der Waals surface area contributed by atoms with Crippen LogP contribution in [0.3, 0.4) is 0 Å². The van der Waals surface area contributed by atoms with Crippen molar-refractivity contribution in [2.24, 2.45) is 0 Å². The number of halogens is 1. The molecule has 0 aliphatic heterocycles. The fourth-order valence-corrected chi connectivity index (χ4v) is 2.94. The highest BCUT2D eigenvalue weighted by atomic mass is 35.5. The van der Waals surface area contributed by atoms with Crippen molar-refractivity contribution in [1.82, 2.24) is 9.71 Å². The molecule has 0 aliphatic rings. The maximum Gasteiger partial charge on any atom is 0.335 e. The van der Waals surface area contributed by atoms with Gasteiger partial charge in [0.1, 0.15) is 11.2 Å². The van der Waals surface area contributed by atoms with E-state index in [0.29, 0.717) is 5.69 Å². The highest BCUT2D eigenvalue weighted by Crippen LogP contribution is 2.22. The monoisotopic (exact) mass is 316 g/mol. The molecule has 9 heteroatoms. The second-order valence-corrected chi connectivity index (χ2v) is 5.90. The van der Waals surface area contributed by atoms with Crippen molar-refractivity contribution in [2.75, 3.05) is 0 Å². The van der Waals surface area contributed by atoms with Crippen molar-refractivity contribution in [3.05, 3.63) is 47.1 Å². The first-order valence-electron chi connectivity index (χ1n) is 5.30. The summed E-state index contributed by atoms with van der Waals surface area (Å²) in [6.07, 6.45) is 2.46. The summed E-state index contributed by atoms with van der Waals surface area (Å²) in [6.45, 7) is -0.0908. The fourth-order valence-electron chi connectivity index (χ4n) is 1.41. The van der Waals surface area contributed by atoms with E-state index in [4.69, 9.17) is 21.1 Å². The van der Waals surface area contributed by atoms with E-state index in [1.807, 2.05) is 0 Å². The number of nitrogens with one attached hydrogen (secondary N) is 1. The van der Waals surface area contributed by atoms with Crippen molar-refractivity contribution in [3.63, 3.8) is 0 Å². The molecular formula is C11H9ClN2O5S. The van der Waals surface area contributed by atoms with Crippen LogP contribution in [-0.4, -0.2) is 24.5 Å². The summed E-state index contributed by atoms with van der Waals surface area (Å²) in [5.41, 5.74) is 0.218. The number of hydrogen-bond donors (Lipinski definition) is 2. The van der Waals surface area contributed by atoms with E-state index in [-0.39, 0.29) is 22.0 Å². The van der Waals surface area contributed by atoms with E-state index in [1.165, 1.54) is 24.8 Å². The normalized spacial score (nSPS) is 11.4. The Hall–Kier alpha value is -1.90. The minimum absolute atomic E-state index is 0.0670. The number of hydrogen-bond acceptors (Lipinski definition) is 5. The van der Waals surface area contributed by atoms with Gasteiger partial charge in [-0.25, -0.2) is 22.9 Å². The molecule has 1 heterocycles. The van der Waals surface area contributed by atoms with Gasteiger partial charge in [0, 0.05) is 0 Å². The standard InChI is InChI=1S/C11H9ClN2O5S/c12-9-2-1-7(11(15)16)3-10(9)20(17,18)14-4-8-5-19-6-13-8/h1-3,5-6,14H,4H2,(H,15,16). The summed E-state index contributed by atoms with van der Waals surface area (Å²) >= 11 is 5.80. The number of sulfonamides is 1. The molecule has 0 aliphatic carbocycles. The molecule has 0 fully saturated rings. The lowest BCUT2D eigenvalue weighted by Gasteiger charge is -2.08. The molecule has 1 aromatic heterocycles. The van der Waals surface area contributed by atoms with Crippen molar-refractivity contribution in [3.8, 4) is 0 Å². The van der Waals surface area contributed by atoms with Crippen molar-refractivity contribution >= 4 is 27.6 Å². The summed E-state index contributed by atoms with van der Waals surface area (Å²) in [5, 5.41) is 8.80. The van der Waals surface area contributed by atoms with E-state index >= 15 is 0 Å². The van der Waals surface area contributed by atoms with Gasteiger partial charge >= 0.3 is 5.97 Å². The predicted octanol–water partition coefficient (Wildman–Crippen LogP) is 1.50. The second kappa shape index (κ2) is 5.61. The Kier molecular flexibility index (Phi) is 4.07. The van der Waals surface area contributed by atoms with Crippen LogP contribution in [-0.2, 0) is 16.6 Å². The lowest BCUT2D eigenvalue weighted by molar-refractivity contribution is 0.0696. The maximum atomic E-state index is 12.1. The van der Waals surface area contributed by atoms with Gasteiger partial charge in [-0.15, -0.1) is 0 Å². The molecule has 0 amide bonds. The van der Waals surface area contributed by atoms with Crippen LogP contribution in [0.1, 0.15) is 16.1 Å². The first kappa shape index (κ1) is 14.5. The summed E-state index contributed by atoms with van der Waals surface area (Å²) < 4.78 is 31.1. The highest BCUT2D eigenvalue weighted by molar-refractivity contribution is 7.89. The number of aromatic nitrogens is 1. The van der Waals surface area contributed by atoms with Gasteiger partial charge in [-0.3, -0.25) is 0 Å². The fraction of sp³-hybridized carbons (Fsp3) is 0.0909. The van der Waals surface area contributed by atoms with Crippen LogP contribution >= 0.6 is 11.6 Å². The number of carbonyl (C=O) groups is 1. The molecule has 20 heavy (non-hydrogen) atoms. The number of carboxylic acids is 1. The highest BCUT2D eigenvalue weighted by Gasteiger charge is 2.20. The third-order valence-electron chi connectivity index (χ3n) is 2.39. The van der Waals surface area contributed by atoms with Gasteiger partial charge in [0.15, 0.2) is 6.39 Å². The minimum Gasteiger partial charge on any atom is -0.478 e. The van der Waals surface area contributed by atoms with E-state index in [1.54, 1.807) is 0 Å². The molecule has 0 saturated heterocycles. The zero-order valence-electron chi connectivity index (χ0n) is 9.91. The molecule has 0 saturated carbocycles. The van der Waals surface area contributed by atoms with Gasteiger partial charge in [-0.05, 0) is 18.2 Å². The second-order valence-electron chi connectivity index (χ2n) is 3.75. The van der Waals surface area contributed by atoms with Crippen molar-refractivity contribution < 1.29 is 22.7 Å². The van der Waals surface area contributed by atoms with Crippen molar-refractivity contribution in [2.45, 2.75) is 11.4 Å². The molecule has 2 aromatic rings. The van der Waals surface area contributed by atoms with Crippen LogP contribution in [0.2, 0.25) is 5.02 Å². The molecule has 0 atom stereocenters. The SMILES string of the molecule is O=C(O)c1ccc(Cl)c(S(=O)(=O)NCc2cocn2)c1. The number of carboxylic acid groups (broad SMARTS) is 1. The average molecular weight is 317 g/mol. The summed E-state index contributed by atoms with van der Waals surface area (Å²) in [5.74, 6) is -1.24. The number of nitrogens with zero attached hydrogens (tertiary/aromatic N) is 1. The van der Waals surface area contributed by atoms with E-state index in [0.717, 1.165) is 6.07 Å². The van der Waals surface area contributed by atoms with E-state index in [2.05, 4.69) is 9.71 Å². The minimum atomic E-state index is -3.95. The van der Waals surface area contributed by atoms with Crippen LogP contribution in [0, 0.1) is 0 Å². The number of rotatable bonds is 5. The maximum absolute atomic E-state index is 12.1. The van der Waals surface area contributed by atoms with Gasteiger partial charge in [0.2, 0.25) is 10.0 Å². The molecule has 2 N–H and O–H groups in total. The predicted molar refractivity (Wildman–Crippen MR) is 68.9 cm³/mol. The van der Waals surface area contributed by atoms with Crippen LogP contribution < -0.4 is 4.72 Å². The lowest BCUT2D eigenvalue weighted by Crippen LogP contribution is -2.24. The van der Waals surface area contributed by atoms with Gasteiger partial charge < -0.3 is 9.52 Å². The zero-order chi connectivity index (χ0) is 14.8. The van der Waals surface area contributed by atoms with E-state index < -0.39 is 16.0 Å². The first-order valence-corrected chi connectivity index (χ1v) is 7.16. The largest absolute Gasteiger partial charge is 0.478 e. The molecule has 0 unspecified atom stereocenters. The third-order valence-corrected chi connectivity index (χ3v) is 4.28. The Labute approximate surface area is 119 Å². The smallest absolute Gasteiger partial charge is 0.335 e. The topological polar surface area (TPSA) is 110 Å². The summed E-state index contributed by atoms with van der Waals surface area (Å²) in [7, 11) is -3.95. The van der Waals surface area contributed by atoms with Gasteiger partial charge in [-0.2, -0.15) is 0 Å². The molecule has 7 nitrogen and oxygen atoms in total. The molecule has 0 radical (unpaired) electrons. The molecule has 2 rings (SSSR count). The summed E-state index contributed by atoms with van der Waals surface area (Å²) in [6, 6.07) is 3.44. The van der Waals surface area contributed by atoms with Gasteiger partial charge in [-0.1, -0.05) is 11.6 Å². The van der Waals surface area contributed by atoms with Crippen LogP contribution in [0.15, 0.2) is 40.2 Å². The zero-order valence-corrected chi connectivity index (χ0v) is 11.5. The Morgan fingerprint density at radius 1 is 1.45 bits per heavy atom. The van der Waals surface area contributed by atoms with Gasteiger partial charge in [0.25, 0.3) is 0 Å². The Morgan fingerprint density at radius 2 is 2.20 bits per heavy atom. The average Bonchev–Trinajstić information content (AvgIpc) is 2.89. The van der Waals surface area contributed by atoms with Crippen LogP contribution in [0.25, 0.3) is 0 Å². The van der Waals surface area contributed by atoms with Crippen LogP contribution in [0.5, 0.6) is 0 Å². The summed E-state index contributed by atoms with van der Waals surface area (Å²) in [4.78, 5) is 14.3. The quantitative estimate of drug-likeness (QED) is 0.865. The molecule has 106 valence electrons. The number of benzene rings is 1.